The molecule has 0 saturated heterocycles. The Kier molecular flexibility index (Phi) is 2.32. The minimum Gasteiger partial charge on any atom is -0.455 e. The van der Waals surface area contributed by atoms with Gasteiger partial charge in [-0.2, -0.15) is 5.21 Å². The summed E-state index contributed by atoms with van der Waals surface area (Å²) in [5.74, 6) is -0.689. The second kappa shape index (κ2) is 3.45. The predicted octanol–water partition coefficient (Wildman–Crippen LogP) is -0.458. The molecule has 1 aromatic heterocycles. The lowest BCUT2D eigenvalue weighted by Crippen LogP contribution is -2.07. The van der Waals surface area contributed by atoms with Gasteiger partial charge in [-0.05, 0) is 5.21 Å². The number of tetrazole rings is 1. The summed E-state index contributed by atoms with van der Waals surface area (Å²) in [5.41, 5.74) is 0. The number of carbonyl (C=O) groups is 1. The Morgan fingerprint density at radius 1 is 1.82 bits per heavy atom. The Morgan fingerprint density at radius 2 is 2.64 bits per heavy atom. The van der Waals surface area contributed by atoms with Gasteiger partial charge in [-0.3, -0.25) is 0 Å². The minimum atomic E-state index is -0.612. The van der Waals surface area contributed by atoms with E-state index < -0.39 is 5.97 Å². The quantitative estimate of drug-likeness (QED) is 0.470. The summed E-state index contributed by atoms with van der Waals surface area (Å²) in [5, 5.41) is 12.1. The van der Waals surface area contributed by atoms with Gasteiger partial charge in [-0.25, -0.2) is 4.79 Å². The third kappa shape index (κ3) is 1.85. The number of ether oxygens (including phenoxy) is 1. The topological polar surface area (TPSA) is 80.8 Å². The van der Waals surface area contributed by atoms with E-state index in [9.17, 15) is 4.79 Å². The van der Waals surface area contributed by atoms with Crippen molar-refractivity contribution in [3.8, 4) is 0 Å². The Morgan fingerprint density at radius 3 is 3.18 bits per heavy atom. The van der Waals surface area contributed by atoms with Crippen molar-refractivity contribution < 1.29 is 9.53 Å². The number of nitrogens with one attached hydrogen (secondary N) is 1. The van der Waals surface area contributed by atoms with Crippen LogP contribution in [0.2, 0.25) is 0 Å². The second-order valence-corrected chi connectivity index (χ2v) is 1.62. The molecule has 0 aliphatic heterocycles. The van der Waals surface area contributed by atoms with Crippen LogP contribution in [0.1, 0.15) is 10.6 Å². The first-order valence-corrected chi connectivity index (χ1v) is 2.86. The number of rotatable bonds is 3. The smallest absolute Gasteiger partial charge is 0.380 e. The molecule has 58 valence electrons. The van der Waals surface area contributed by atoms with Gasteiger partial charge in [0.25, 0.3) is 5.82 Å². The number of nitrogens with zero attached hydrogens (tertiary/aromatic N) is 3. The zero-order valence-corrected chi connectivity index (χ0v) is 5.65. The average Bonchev–Trinajstić information content (AvgIpc) is 2.52. The van der Waals surface area contributed by atoms with Crippen molar-refractivity contribution in [3.63, 3.8) is 0 Å². The van der Waals surface area contributed by atoms with Crippen LogP contribution in [0.4, 0.5) is 0 Å². The molecule has 0 aliphatic rings. The SMILES string of the molecule is C=CCOC(=O)c1nn[nH]n1. The van der Waals surface area contributed by atoms with E-state index in [-0.39, 0.29) is 12.4 Å². The predicted molar refractivity (Wildman–Crippen MR) is 34.7 cm³/mol. The van der Waals surface area contributed by atoms with Gasteiger partial charge in [0.15, 0.2) is 0 Å². The van der Waals surface area contributed by atoms with Gasteiger partial charge >= 0.3 is 5.97 Å². The lowest BCUT2D eigenvalue weighted by Gasteiger charge is -1.93. The molecule has 6 nitrogen and oxygen atoms in total. The molecule has 0 aromatic carbocycles. The highest BCUT2D eigenvalue weighted by atomic mass is 16.5. The Labute approximate surface area is 62.3 Å². The van der Waals surface area contributed by atoms with Crippen LogP contribution in [-0.4, -0.2) is 33.2 Å². The molecule has 0 aliphatic carbocycles. The molecule has 6 heteroatoms. The number of carbonyl (C=O) groups excluding carboxylic acids is 1. The Bertz CT molecular complexity index is 243. The summed E-state index contributed by atoms with van der Waals surface area (Å²) in [6.45, 7) is 3.52. The molecular weight excluding hydrogens is 148 g/mol. The van der Waals surface area contributed by atoms with Crippen LogP contribution in [0, 0.1) is 0 Å². The van der Waals surface area contributed by atoms with Crippen molar-refractivity contribution in [1.82, 2.24) is 20.6 Å². The minimum absolute atomic E-state index is 0.0770. The van der Waals surface area contributed by atoms with Gasteiger partial charge in [0.05, 0.1) is 0 Å². The van der Waals surface area contributed by atoms with Gasteiger partial charge in [-0.1, -0.05) is 12.7 Å². The number of H-pyrrole nitrogens is 1. The summed E-state index contributed by atoms with van der Waals surface area (Å²) >= 11 is 0. The van der Waals surface area contributed by atoms with Crippen molar-refractivity contribution in [2.75, 3.05) is 6.61 Å². The van der Waals surface area contributed by atoms with Gasteiger partial charge in [-0.15, -0.1) is 10.2 Å². The lowest BCUT2D eigenvalue weighted by molar-refractivity contribution is 0.0535. The van der Waals surface area contributed by atoms with Gasteiger partial charge < -0.3 is 4.74 Å². The third-order valence-electron chi connectivity index (χ3n) is 0.860. The fourth-order valence-corrected chi connectivity index (χ4v) is 0.447. The van der Waals surface area contributed by atoms with Crippen LogP contribution in [0.3, 0.4) is 0 Å². The molecule has 0 saturated carbocycles. The molecule has 1 heterocycles. The zero-order chi connectivity index (χ0) is 8.10. The molecule has 1 N–H and O–H groups in total. The molecular formula is C5H6N4O2. The zero-order valence-electron chi connectivity index (χ0n) is 5.65. The molecule has 11 heavy (non-hydrogen) atoms. The number of esters is 1. The lowest BCUT2D eigenvalue weighted by atomic mass is 10.6. The summed E-state index contributed by atoms with van der Waals surface area (Å²) < 4.78 is 4.59. The Balaban J connectivity index is 2.49. The molecule has 1 rings (SSSR count). The van der Waals surface area contributed by atoms with Gasteiger partial charge in [0, 0.05) is 0 Å². The summed E-state index contributed by atoms with van der Waals surface area (Å²) in [6.07, 6.45) is 1.46. The molecule has 0 atom stereocenters. The van der Waals surface area contributed by atoms with E-state index in [4.69, 9.17) is 0 Å². The van der Waals surface area contributed by atoms with Gasteiger partial charge in [0.2, 0.25) is 0 Å². The second-order valence-electron chi connectivity index (χ2n) is 1.62. The van der Waals surface area contributed by atoms with Crippen LogP contribution in [0.25, 0.3) is 0 Å². The molecule has 0 bridgehead atoms. The van der Waals surface area contributed by atoms with Crippen molar-refractivity contribution in [3.05, 3.63) is 18.5 Å². The first-order valence-electron chi connectivity index (χ1n) is 2.86. The van der Waals surface area contributed by atoms with E-state index >= 15 is 0 Å². The van der Waals surface area contributed by atoms with Crippen molar-refractivity contribution in [1.29, 1.82) is 0 Å². The van der Waals surface area contributed by atoms with Crippen LogP contribution in [0.5, 0.6) is 0 Å². The maximum Gasteiger partial charge on any atom is 0.380 e. The summed E-state index contributed by atoms with van der Waals surface area (Å²) in [7, 11) is 0. The van der Waals surface area contributed by atoms with E-state index in [2.05, 4.69) is 31.9 Å². The maximum absolute atomic E-state index is 10.8. The standard InChI is InChI=1S/C5H6N4O2/c1-2-3-11-5(10)4-6-8-9-7-4/h2H,1,3H2,(H,6,7,8,9). The van der Waals surface area contributed by atoms with E-state index in [0.717, 1.165) is 0 Å². The molecule has 0 spiro atoms. The third-order valence-corrected chi connectivity index (χ3v) is 0.860. The van der Waals surface area contributed by atoms with Gasteiger partial charge in [0.1, 0.15) is 6.61 Å². The molecule has 0 fully saturated rings. The average molecular weight is 154 g/mol. The monoisotopic (exact) mass is 154 g/mol. The molecule has 1 aromatic rings. The van der Waals surface area contributed by atoms with E-state index in [0.29, 0.717) is 0 Å². The van der Waals surface area contributed by atoms with Crippen molar-refractivity contribution in [2.24, 2.45) is 0 Å². The number of hydrogen-bond donors (Lipinski definition) is 1. The van der Waals surface area contributed by atoms with Crippen LogP contribution >= 0.6 is 0 Å². The van der Waals surface area contributed by atoms with E-state index in [1.165, 1.54) is 6.08 Å². The largest absolute Gasteiger partial charge is 0.455 e. The normalized spacial score (nSPS) is 9.09. The Hall–Kier alpha value is -1.72. The highest BCUT2D eigenvalue weighted by molar-refractivity contribution is 5.84. The van der Waals surface area contributed by atoms with Crippen molar-refractivity contribution >= 4 is 5.97 Å². The summed E-state index contributed by atoms with van der Waals surface area (Å²) in [6, 6.07) is 0. The van der Waals surface area contributed by atoms with Crippen LogP contribution in [-0.2, 0) is 4.74 Å². The summed E-state index contributed by atoms with van der Waals surface area (Å²) in [4.78, 5) is 10.8. The van der Waals surface area contributed by atoms with Crippen LogP contribution in [0.15, 0.2) is 12.7 Å². The maximum atomic E-state index is 10.8. The van der Waals surface area contributed by atoms with Crippen LogP contribution < -0.4 is 0 Å². The molecule has 0 unspecified atom stereocenters. The fraction of sp³-hybridized carbons (Fsp3) is 0.200. The number of aromatic amines is 1. The first-order chi connectivity index (χ1) is 5.34. The fourth-order valence-electron chi connectivity index (χ4n) is 0.447. The number of hydrogen-bond acceptors (Lipinski definition) is 5. The number of aromatic nitrogens is 4. The van der Waals surface area contributed by atoms with E-state index in [1.54, 1.807) is 0 Å². The molecule has 0 radical (unpaired) electrons. The molecule has 0 amide bonds. The van der Waals surface area contributed by atoms with E-state index in [1.807, 2.05) is 0 Å². The first kappa shape index (κ1) is 7.39. The highest BCUT2D eigenvalue weighted by Gasteiger charge is 2.10. The van der Waals surface area contributed by atoms with Crippen molar-refractivity contribution in [2.45, 2.75) is 0 Å². The highest BCUT2D eigenvalue weighted by Crippen LogP contribution is 1.88.